The van der Waals surface area contributed by atoms with E-state index in [1.165, 1.54) is 0 Å². The molecule has 1 aliphatic carbocycles. The number of nitrogens with one attached hydrogen (secondary N) is 2. The molecule has 7 heterocycles. The molecule has 414 valence electrons. The van der Waals surface area contributed by atoms with Crippen molar-refractivity contribution in [3.05, 3.63) is 93.7 Å². The number of piperazine rings is 1. The van der Waals surface area contributed by atoms with Gasteiger partial charge in [-0.2, -0.15) is 15.5 Å². The number of amides is 4. The number of benzene rings is 2. The van der Waals surface area contributed by atoms with Crippen LogP contribution in [0.1, 0.15) is 104 Å². The molecule has 0 unspecified atom stereocenters. The molecular weight excluding hydrogens is 1020 g/mol. The third-order valence-electron chi connectivity index (χ3n) is 16.6. The van der Waals surface area contributed by atoms with E-state index in [0.29, 0.717) is 109 Å². The van der Waals surface area contributed by atoms with Crippen molar-refractivity contribution in [1.82, 2.24) is 54.9 Å². The van der Waals surface area contributed by atoms with Gasteiger partial charge in [0.1, 0.15) is 24.5 Å². The van der Waals surface area contributed by atoms with Crippen LogP contribution >= 0.6 is 11.6 Å². The lowest BCUT2D eigenvalue weighted by Crippen LogP contribution is -2.74. The standard InChI is InChI=1S/C56H69ClF2N14O5/c1-55(2)51(56(3,4)52(55)78-40-11-10-36(28-60)44(57)26-40)65-50(75)37-29-62-53(63-30-37)70-22-20-68(21-23-70)15-8-24-77-34-47(74)69-17-12-39(13-18-69)73-45-14-19-71(54(76)61-5)33-43(45)49(66-73)72-16-7-9-35-25-41(38-31-64-67(6)32-38)42(48(58)59)27-46(35)72/h10-11,25-27,29-32,39,48,51-52H,7-9,12-24,33-34H2,1-6H3,(H,61,76)(H,65,75). The predicted octanol–water partition coefficient (Wildman–Crippen LogP) is 7.32. The summed E-state index contributed by atoms with van der Waals surface area (Å²) >= 11 is 6.26. The molecule has 4 aliphatic heterocycles. The molecule has 10 rings (SSSR count). The van der Waals surface area contributed by atoms with Gasteiger partial charge >= 0.3 is 6.03 Å². The number of halogens is 3. The van der Waals surface area contributed by atoms with Crippen LogP contribution in [0.25, 0.3) is 11.1 Å². The number of aryl methyl sites for hydroxylation is 2. The summed E-state index contributed by atoms with van der Waals surface area (Å²) < 4.78 is 45.6. The highest BCUT2D eigenvalue weighted by Gasteiger charge is 2.64. The summed E-state index contributed by atoms with van der Waals surface area (Å²) in [5, 5.41) is 25.1. The van der Waals surface area contributed by atoms with Gasteiger partial charge in [0.25, 0.3) is 12.3 Å². The minimum atomic E-state index is -2.70. The van der Waals surface area contributed by atoms with Crippen molar-refractivity contribution in [3.8, 4) is 22.9 Å². The van der Waals surface area contributed by atoms with Gasteiger partial charge in [0.2, 0.25) is 11.9 Å². The molecule has 5 aliphatic rings. The Hall–Kier alpha value is -6.89. The number of ether oxygens (including phenoxy) is 2. The van der Waals surface area contributed by atoms with Gasteiger partial charge in [0.15, 0.2) is 5.82 Å². The van der Waals surface area contributed by atoms with Crippen molar-refractivity contribution in [2.24, 2.45) is 17.9 Å². The van der Waals surface area contributed by atoms with Gasteiger partial charge in [0.05, 0.1) is 34.9 Å². The SMILES string of the molecule is CNC(=O)N1CCc2c(c(N3CCCc4cc(-c5cnn(C)c5)c(C(F)F)cc43)nn2C2CCN(C(=O)COCCCN3CCN(c4ncc(C(=O)NC5C(C)(C)C(Oc6ccc(C#N)c(Cl)c6)C5(C)C)cn4)CC3)CC2)C1. The highest BCUT2D eigenvalue weighted by Crippen LogP contribution is 2.56. The zero-order valence-corrected chi connectivity index (χ0v) is 46.0. The molecule has 0 bridgehead atoms. The minimum absolute atomic E-state index is 0.0125. The van der Waals surface area contributed by atoms with E-state index >= 15 is 0 Å². The first-order valence-electron chi connectivity index (χ1n) is 27.1. The molecule has 2 saturated heterocycles. The second-order valence-electron chi connectivity index (χ2n) is 22.4. The number of rotatable bonds is 15. The first-order chi connectivity index (χ1) is 37.4. The molecule has 2 N–H and O–H groups in total. The Balaban J connectivity index is 0.674. The van der Waals surface area contributed by atoms with Crippen LogP contribution in [-0.4, -0.2) is 153 Å². The molecule has 0 spiro atoms. The number of hydrogen-bond donors (Lipinski definition) is 2. The van der Waals surface area contributed by atoms with Gasteiger partial charge in [-0.25, -0.2) is 23.5 Å². The second kappa shape index (κ2) is 22.5. The molecule has 5 aromatic rings. The number of anilines is 3. The lowest BCUT2D eigenvalue weighted by Gasteiger charge is -2.63. The number of nitriles is 1. The number of fused-ring (bicyclic) bond motifs is 2. The Labute approximate surface area is 458 Å². The van der Waals surface area contributed by atoms with Crippen molar-refractivity contribution in [3.63, 3.8) is 0 Å². The van der Waals surface area contributed by atoms with E-state index in [4.69, 9.17) is 26.2 Å². The predicted molar refractivity (Wildman–Crippen MR) is 290 cm³/mol. The molecule has 3 aromatic heterocycles. The third kappa shape index (κ3) is 10.8. The van der Waals surface area contributed by atoms with Crippen molar-refractivity contribution in [2.45, 2.75) is 97.4 Å². The molecule has 3 fully saturated rings. The number of aromatic nitrogens is 6. The molecule has 4 amide bonds. The van der Waals surface area contributed by atoms with E-state index in [1.54, 1.807) is 72.7 Å². The summed E-state index contributed by atoms with van der Waals surface area (Å²) in [6.07, 6.45) is 7.93. The summed E-state index contributed by atoms with van der Waals surface area (Å²) in [6.45, 7) is 15.2. The van der Waals surface area contributed by atoms with Gasteiger partial charge in [0, 0.05) is 156 Å². The largest absolute Gasteiger partial charge is 0.489 e. The maximum atomic E-state index is 14.8. The average molecular weight is 1090 g/mol. The van der Waals surface area contributed by atoms with Gasteiger partial charge in [-0.05, 0) is 67.5 Å². The fraction of sp³-hybridized carbons (Fsp3) is 0.536. The fourth-order valence-electron chi connectivity index (χ4n) is 12.7. The first-order valence-corrected chi connectivity index (χ1v) is 27.4. The van der Waals surface area contributed by atoms with Crippen LogP contribution in [0.4, 0.5) is 31.0 Å². The number of carbonyl (C=O) groups is 3. The maximum absolute atomic E-state index is 14.8. The van der Waals surface area contributed by atoms with Crippen molar-refractivity contribution < 1.29 is 32.6 Å². The van der Waals surface area contributed by atoms with E-state index < -0.39 is 17.3 Å². The van der Waals surface area contributed by atoms with Crippen LogP contribution in [0.3, 0.4) is 0 Å². The number of carbonyl (C=O) groups excluding carboxylic acids is 3. The number of alkyl halides is 2. The molecule has 1 saturated carbocycles. The number of urea groups is 1. The normalized spacial score (nSPS) is 20.2. The Morgan fingerprint density at radius 3 is 2.35 bits per heavy atom. The Bertz CT molecular complexity index is 3050. The molecule has 19 nitrogen and oxygen atoms in total. The fourth-order valence-corrected chi connectivity index (χ4v) is 12.9. The van der Waals surface area contributed by atoms with Crippen LogP contribution in [0.2, 0.25) is 5.02 Å². The summed E-state index contributed by atoms with van der Waals surface area (Å²) in [7, 11) is 3.39. The van der Waals surface area contributed by atoms with Gasteiger partial charge in [-0.15, -0.1) is 0 Å². The van der Waals surface area contributed by atoms with Crippen molar-refractivity contribution in [2.75, 3.05) is 89.0 Å². The Morgan fingerprint density at radius 2 is 1.68 bits per heavy atom. The van der Waals surface area contributed by atoms with Gasteiger partial charge in [-0.1, -0.05) is 39.3 Å². The number of likely N-dealkylation sites (tertiary alicyclic amines) is 1. The summed E-state index contributed by atoms with van der Waals surface area (Å²) in [5.74, 6) is 1.55. The lowest BCUT2D eigenvalue weighted by molar-refractivity contribution is -0.164. The summed E-state index contributed by atoms with van der Waals surface area (Å²) in [6, 6.07) is 10.2. The number of hydrogen-bond acceptors (Lipinski definition) is 13. The van der Waals surface area contributed by atoms with E-state index in [1.807, 2.05) is 11.0 Å². The van der Waals surface area contributed by atoms with Crippen molar-refractivity contribution in [1.29, 1.82) is 5.26 Å². The lowest BCUT2D eigenvalue weighted by atomic mass is 9.49. The van der Waals surface area contributed by atoms with Crippen LogP contribution in [0.5, 0.6) is 5.75 Å². The Kier molecular flexibility index (Phi) is 15.7. The molecule has 0 radical (unpaired) electrons. The van der Waals surface area contributed by atoms with E-state index in [9.17, 15) is 28.4 Å². The smallest absolute Gasteiger partial charge is 0.317 e. The zero-order valence-electron chi connectivity index (χ0n) is 45.3. The van der Waals surface area contributed by atoms with Crippen LogP contribution < -0.4 is 25.2 Å². The monoisotopic (exact) mass is 1090 g/mol. The number of nitrogens with zero attached hydrogens (tertiary/aromatic N) is 12. The van der Waals surface area contributed by atoms with Crippen LogP contribution in [0, 0.1) is 22.2 Å². The minimum Gasteiger partial charge on any atom is -0.489 e. The second-order valence-corrected chi connectivity index (χ2v) is 22.8. The van der Waals surface area contributed by atoms with E-state index in [0.717, 1.165) is 68.8 Å². The molecule has 0 atom stereocenters. The molecule has 78 heavy (non-hydrogen) atoms. The third-order valence-corrected chi connectivity index (χ3v) is 16.9. The van der Waals surface area contributed by atoms with Gasteiger partial charge in [-0.3, -0.25) is 23.9 Å². The van der Waals surface area contributed by atoms with Crippen LogP contribution in [-0.2, 0) is 36.0 Å². The zero-order chi connectivity index (χ0) is 55.0. The maximum Gasteiger partial charge on any atom is 0.317 e. The topological polar surface area (TPSA) is 195 Å². The van der Waals surface area contributed by atoms with Crippen LogP contribution in [0.15, 0.2) is 55.1 Å². The molecule has 22 heteroatoms. The quantitative estimate of drug-likeness (QED) is 0.0992. The molecule has 2 aromatic carbocycles. The Morgan fingerprint density at radius 1 is 0.936 bits per heavy atom. The highest BCUT2D eigenvalue weighted by atomic mass is 35.5. The highest BCUT2D eigenvalue weighted by molar-refractivity contribution is 6.31. The van der Waals surface area contributed by atoms with Gasteiger partial charge < -0.3 is 39.7 Å². The van der Waals surface area contributed by atoms with Crippen molar-refractivity contribution >= 4 is 46.9 Å². The molecular formula is C56H69ClF2N14O5. The average Bonchev–Trinajstić information content (AvgIpc) is 3.43. The number of piperidine rings is 1. The van der Waals surface area contributed by atoms with E-state index in [-0.39, 0.29) is 48.2 Å². The first kappa shape index (κ1) is 54.5. The summed E-state index contributed by atoms with van der Waals surface area (Å²) in [4.78, 5) is 59.2. The van der Waals surface area contributed by atoms with E-state index in [2.05, 4.69) is 78.8 Å². The summed E-state index contributed by atoms with van der Waals surface area (Å²) in [5.41, 5.74) is 4.67.